The molecule has 2 aliphatic rings. The summed E-state index contributed by atoms with van der Waals surface area (Å²) in [6.45, 7) is 2.11. The number of hydrogen-bond acceptors (Lipinski definition) is 2. The lowest BCUT2D eigenvalue weighted by atomic mass is 9.51. The minimum atomic E-state index is 0.136. The lowest BCUT2D eigenvalue weighted by Crippen LogP contribution is -2.43. The van der Waals surface area contributed by atoms with Crippen LogP contribution in [-0.4, -0.2) is 4.81 Å². The molecule has 2 nitrogen and oxygen atoms in total. The quantitative estimate of drug-likeness (QED) is 0.466. The van der Waals surface area contributed by atoms with Crippen LogP contribution in [0, 0.1) is 16.7 Å². The highest BCUT2D eigenvalue weighted by molar-refractivity contribution is 9.18. The fourth-order valence-corrected chi connectivity index (χ4v) is 3.06. The Morgan fingerprint density at radius 3 is 2.60 bits per heavy atom. The van der Waals surface area contributed by atoms with E-state index < -0.39 is 0 Å². The number of nitrogens with one attached hydrogen (secondary N) is 1. The van der Waals surface area contributed by atoms with Crippen molar-refractivity contribution in [3.63, 3.8) is 0 Å². The summed E-state index contributed by atoms with van der Waals surface area (Å²) in [6, 6.07) is 0. The van der Waals surface area contributed by atoms with E-state index in [4.69, 9.17) is 10.1 Å². The molecule has 3 heteroatoms. The van der Waals surface area contributed by atoms with Crippen LogP contribution in [0.25, 0.3) is 0 Å². The summed E-state index contributed by atoms with van der Waals surface area (Å²) < 4.78 is 5.42. The van der Waals surface area contributed by atoms with Crippen LogP contribution in [0.2, 0.25) is 0 Å². The molecule has 2 fully saturated rings. The van der Waals surface area contributed by atoms with Crippen LogP contribution in [0.3, 0.4) is 0 Å². The predicted octanol–water partition coefficient (Wildman–Crippen LogP) is 4.21. The minimum Gasteiger partial charge on any atom is -0.438 e. The first kappa shape index (κ1) is 11.2. The SMILES string of the molecule is CC/C=C(/OC(=N)Br)C1CC2(CCC2)C1. The van der Waals surface area contributed by atoms with Crippen LogP contribution >= 0.6 is 15.9 Å². The van der Waals surface area contributed by atoms with Crippen LogP contribution in [-0.2, 0) is 4.74 Å². The van der Waals surface area contributed by atoms with Gasteiger partial charge in [-0.3, -0.25) is 5.41 Å². The van der Waals surface area contributed by atoms with Crippen LogP contribution in [0.5, 0.6) is 0 Å². The molecule has 2 saturated carbocycles. The minimum absolute atomic E-state index is 0.136. The van der Waals surface area contributed by atoms with Gasteiger partial charge in [-0.1, -0.05) is 13.3 Å². The molecule has 1 spiro atoms. The van der Waals surface area contributed by atoms with Gasteiger partial charge in [0, 0.05) is 21.8 Å². The molecule has 1 N–H and O–H groups in total. The molecule has 0 saturated heterocycles. The van der Waals surface area contributed by atoms with E-state index in [2.05, 4.69) is 28.9 Å². The van der Waals surface area contributed by atoms with Crippen LogP contribution in [0.15, 0.2) is 11.8 Å². The summed E-state index contributed by atoms with van der Waals surface area (Å²) in [5.74, 6) is 1.58. The third kappa shape index (κ3) is 2.27. The van der Waals surface area contributed by atoms with Gasteiger partial charge in [0.1, 0.15) is 5.76 Å². The molecule has 0 aromatic carbocycles. The van der Waals surface area contributed by atoms with Crippen molar-refractivity contribution in [3.05, 3.63) is 11.8 Å². The molecule has 0 aliphatic heterocycles. The van der Waals surface area contributed by atoms with Gasteiger partial charge in [-0.15, -0.1) is 0 Å². The van der Waals surface area contributed by atoms with Gasteiger partial charge in [-0.25, -0.2) is 0 Å². The van der Waals surface area contributed by atoms with Crippen LogP contribution in [0.1, 0.15) is 45.4 Å². The fourth-order valence-electron chi connectivity index (χ4n) is 2.87. The highest BCUT2D eigenvalue weighted by atomic mass is 79.9. The number of allylic oxidation sites excluding steroid dienone is 2. The lowest BCUT2D eigenvalue weighted by Gasteiger charge is -2.54. The summed E-state index contributed by atoms with van der Waals surface area (Å²) in [5.41, 5.74) is 0.676. The van der Waals surface area contributed by atoms with Crippen molar-refractivity contribution in [1.82, 2.24) is 0 Å². The second-order valence-corrected chi connectivity index (χ2v) is 5.57. The molecule has 84 valence electrons. The van der Waals surface area contributed by atoms with Crippen LogP contribution < -0.4 is 0 Å². The molecule has 0 heterocycles. The molecule has 0 unspecified atom stereocenters. The van der Waals surface area contributed by atoms with Gasteiger partial charge in [-0.05, 0) is 43.6 Å². The molecule has 0 amide bonds. The molecule has 2 aliphatic carbocycles. The summed E-state index contributed by atoms with van der Waals surface area (Å²) in [7, 11) is 0. The van der Waals surface area contributed by atoms with Crippen molar-refractivity contribution < 1.29 is 4.74 Å². The first-order valence-electron chi connectivity index (χ1n) is 5.77. The van der Waals surface area contributed by atoms with E-state index >= 15 is 0 Å². The van der Waals surface area contributed by atoms with Gasteiger partial charge in [0.25, 0.3) is 4.81 Å². The van der Waals surface area contributed by atoms with Gasteiger partial charge in [-0.2, -0.15) is 0 Å². The van der Waals surface area contributed by atoms with Crippen molar-refractivity contribution in [2.24, 2.45) is 11.3 Å². The first-order valence-corrected chi connectivity index (χ1v) is 6.56. The van der Waals surface area contributed by atoms with E-state index in [1.165, 1.54) is 32.1 Å². The Labute approximate surface area is 99.7 Å². The lowest BCUT2D eigenvalue weighted by molar-refractivity contribution is -0.0223. The fraction of sp³-hybridized carbons (Fsp3) is 0.750. The first-order chi connectivity index (χ1) is 7.15. The monoisotopic (exact) mass is 271 g/mol. The van der Waals surface area contributed by atoms with Gasteiger partial charge in [0.15, 0.2) is 0 Å². The Morgan fingerprint density at radius 1 is 1.53 bits per heavy atom. The van der Waals surface area contributed by atoms with E-state index in [9.17, 15) is 0 Å². The summed E-state index contributed by atoms with van der Waals surface area (Å²) in [6.07, 6.45) is 9.89. The van der Waals surface area contributed by atoms with Gasteiger partial charge >= 0.3 is 0 Å². The zero-order chi connectivity index (χ0) is 10.9. The molecule has 15 heavy (non-hydrogen) atoms. The van der Waals surface area contributed by atoms with Gasteiger partial charge in [0.05, 0.1) is 0 Å². The van der Waals surface area contributed by atoms with E-state index in [1.807, 2.05) is 0 Å². The number of ether oxygens (including phenoxy) is 1. The van der Waals surface area contributed by atoms with E-state index in [0.717, 1.165) is 12.2 Å². The van der Waals surface area contributed by atoms with E-state index in [0.29, 0.717) is 11.3 Å². The molecule has 0 aromatic heterocycles. The number of halogens is 1. The molecule has 2 rings (SSSR count). The number of rotatable bonds is 3. The van der Waals surface area contributed by atoms with E-state index in [-0.39, 0.29) is 4.81 Å². The van der Waals surface area contributed by atoms with Crippen molar-refractivity contribution in [3.8, 4) is 0 Å². The second-order valence-electron chi connectivity index (χ2n) is 4.85. The second kappa shape index (κ2) is 4.28. The van der Waals surface area contributed by atoms with Gasteiger partial charge < -0.3 is 4.74 Å². The maximum Gasteiger partial charge on any atom is 0.256 e. The number of hydrogen-bond donors (Lipinski definition) is 1. The maximum absolute atomic E-state index is 7.31. The van der Waals surface area contributed by atoms with E-state index in [1.54, 1.807) is 0 Å². The Bertz CT molecular complexity index is 286. The Hall–Kier alpha value is -0.310. The average Bonchev–Trinajstić information content (AvgIpc) is 1.97. The van der Waals surface area contributed by atoms with Crippen molar-refractivity contribution >= 4 is 20.7 Å². The summed E-state index contributed by atoms with van der Waals surface area (Å²) >= 11 is 3.05. The molecule has 0 radical (unpaired) electrons. The zero-order valence-electron chi connectivity index (χ0n) is 9.18. The van der Waals surface area contributed by atoms with Crippen molar-refractivity contribution in [2.45, 2.75) is 45.4 Å². The Morgan fingerprint density at radius 2 is 2.20 bits per heavy atom. The third-order valence-electron chi connectivity index (χ3n) is 3.79. The average molecular weight is 272 g/mol. The highest BCUT2D eigenvalue weighted by Crippen LogP contribution is 2.60. The Balaban J connectivity index is 1.90. The molecule has 0 atom stereocenters. The molecular formula is C12H18BrNO. The summed E-state index contributed by atoms with van der Waals surface area (Å²) in [5, 5.41) is 7.31. The maximum atomic E-state index is 7.31. The normalized spacial score (nSPS) is 24.5. The largest absolute Gasteiger partial charge is 0.438 e. The van der Waals surface area contributed by atoms with Gasteiger partial charge in [0.2, 0.25) is 0 Å². The van der Waals surface area contributed by atoms with Crippen molar-refractivity contribution in [1.29, 1.82) is 5.41 Å². The summed E-state index contributed by atoms with van der Waals surface area (Å²) in [4.78, 5) is 0.136. The molecule has 0 aromatic rings. The van der Waals surface area contributed by atoms with Crippen molar-refractivity contribution in [2.75, 3.05) is 0 Å². The van der Waals surface area contributed by atoms with Crippen LogP contribution in [0.4, 0.5) is 0 Å². The molecule has 0 bridgehead atoms. The molecular weight excluding hydrogens is 254 g/mol. The topological polar surface area (TPSA) is 33.1 Å². The smallest absolute Gasteiger partial charge is 0.256 e. The predicted molar refractivity (Wildman–Crippen MR) is 65.1 cm³/mol. The highest BCUT2D eigenvalue weighted by Gasteiger charge is 2.49. The standard InChI is InChI=1S/C12H18BrNO/c1-2-4-10(15-11(13)14)9-7-12(8-9)5-3-6-12/h4,9,14H,2-3,5-8H2,1H3/b10-4+,14-11?. The third-order valence-corrected chi connectivity index (χ3v) is 3.95. The zero-order valence-corrected chi connectivity index (χ0v) is 10.8. The Kier molecular flexibility index (Phi) is 3.19.